The predicted octanol–water partition coefficient (Wildman–Crippen LogP) is 19.6. The summed E-state index contributed by atoms with van der Waals surface area (Å²) in [4.78, 5) is 40.1. The highest BCUT2D eigenvalue weighted by molar-refractivity contribution is 7.45. The van der Waals surface area contributed by atoms with Gasteiger partial charge < -0.3 is 28.5 Å². The number of allylic oxidation sites excluding steroid dienone is 19. The Morgan fingerprint density at radius 1 is 0.450 bits per heavy atom. The van der Waals surface area contributed by atoms with E-state index in [1.165, 1.54) is 77.0 Å². The number of ether oxygens (including phenoxy) is 1. The van der Waals surface area contributed by atoms with Crippen LogP contribution in [0.5, 0.6) is 0 Å². The molecule has 80 heavy (non-hydrogen) atoms. The lowest BCUT2D eigenvalue weighted by Crippen LogP contribution is -2.47. The third-order valence-electron chi connectivity index (χ3n) is 13.6. The van der Waals surface area contributed by atoms with E-state index in [1.807, 2.05) is 33.3 Å². The molecule has 0 spiro atoms. The number of likely N-dealkylation sites (N-methyl/N-ethyl adjacent to an activating group) is 1. The molecule has 0 aromatic rings. The van der Waals surface area contributed by atoms with Crippen LogP contribution in [-0.4, -0.2) is 69.4 Å². The molecular formula is C70H121N2O7P. The van der Waals surface area contributed by atoms with Gasteiger partial charge in [-0.1, -0.05) is 245 Å². The fraction of sp³-hybridized carbons (Fsp3) is 0.686. The zero-order valence-electron chi connectivity index (χ0n) is 52.2. The number of quaternary nitrogens is 1. The van der Waals surface area contributed by atoms with E-state index in [1.54, 1.807) is 0 Å². The van der Waals surface area contributed by atoms with Crippen LogP contribution >= 0.6 is 7.82 Å². The average Bonchev–Trinajstić information content (AvgIpc) is 3.43. The van der Waals surface area contributed by atoms with E-state index in [9.17, 15) is 19.0 Å². The number of phosphoric ester groups is 1. The van der Waals surface area contributed by atoms with Crippen molar-refractivity contribution in [2.45, 2.75) is 270 Å². The molecule has 0 saturated heterocycles. The molecule has 0 aliphatic heterocycles. The van der Waals surface area contributed by atoms with Crippen LogP contribution in [0.25, 0.3) is 0 Å². The summed E-state index contributed by atoms with van der Waals surface area (Å²) in [6.07, 6.45) is 81.6. The highest BCUT2D eigenvalue weighted by Crippen LogP contribution is 2.38. The van der Waals surface area contributed by atoms with E-state index in [4.69, 9.17) is 13.8 Å². The van der Waals surface area contributed by atoms with Crippen molar-refractivity contribution >= 4 is 19.7 Å². The fourth-order valence-corrected chi connectivity index (χ4v) is 9.37. The van der Waals surface area contributed by atoms with Crippen molar-refractivity contribution < 1.29 is 37.3 Å². The molecular weight excluding hydrogens is 1010 g/mol. The lowest BCUT2D eigenvalue weighted by Gasteiger charge is -2.30. The van der Waals surface area contributed by atoms with E-state index < -0.39 is 26.6 Å². The normalized spacial score (nSPS) is 14.4. The van der Waals surface area contributed by atoms with Gasteiger partial charge >= 0.3 is 5.97 Å². The Labute approximate surface area is 493 Å². The maximum absolute atomic E-state index is 13.6. The molecule has 3 unspecified atom stereocenters. The molecule has 0 aliphatic rings. The molecule has 9 nitrogen and oxygen atoms in total. The van der Waals surface area contributed by atoms with Gasteiger partial charge in [-0.3, -0.25) is 14.2 Å². The molecule has 458 valence electrons. The van der Waals surface area contributed by atoms with Gasteiger partial charge in [0.15, 0.2) is 0 Å². The summed E-state index contributed by atoms with van der Waals surface area (Å²) >= 11 is 0. The van der Waals surface area contributed by atoms with Crippen LogP contribution in [0.15, 0.2) is 122 Å². The van der Waals surface area contributed by atoms with E-state index in [0.29, 0.717) is 23.9 Å². The first-order valence-corrected chi connectivity index (χ1v) is 33.8. The highest BCUT2D eigenvalue weighted by Gasteiger charge is 2.27. The zero-order valence-corrected chi connectivity index (χ0v) is 53.1. The van der Waals surface area contributed by atoms with Crippen LogP contribution in [0.4, 0.5) is 0 Å². The number of unbranched alkanes of at least 4 members (excludes halogenated alkanes) is 23. The average molecular weight is 1130 g/mol. The predicted molar refractivity (Wildman–Crippen MR) is 343 cm³/mol. The maximum Gasteiger partial charge on any atom is 0.306 e. The molecule has 3 atom stereocenters. The van der Waals surface area contributed by atoms with Crippen molar-refractivity contribution in [3.8, 4) is 0 Å². The van der Waals surface area contributed by atoms with Crippen LogP contribution in [0, 0.1) is 0 Å². The maximum atomic E-state index is 13.6. The van der Waals surface area contributed by atoms with Gasteiger partial charge in [0.05, 0.1) is 33.8 Å². The van der Waals surface area contributed by atoms with Gasteiger partial charge in [0.2, 0.25) is 5.91 Å². The molecule has 0 aliphatic carbocycles. The Kier molecular flexibility index (Phi) is 56.0. The standard InChI is InChI=1S/C70H121N2O7P/c1-7-10-13-16-19-22-25-28-30-32-34-35-36-37-39-41-43-45-48-51-54-57-60-63-70(74)79-68(61-58-55-52-49-46-27-24-21-18-15-12-9-3)67(66-78-80(75,76)77-65-64-72(4,5)6)71-69(73)62-59-56-53-50-47-44-42-40-38-33-31-29-26-23-20-17-14-11-8-2/h10,13,19-20,22-23,28-31,34-35,37-40,43,45,58,61,67-68H,7-9,11-12,14-18,21,24-27,32-33,36,41-42,44,46-57,59-60,62-66H2,1-6H3,(H-,71,73,75,76)/b13-10-,22-19-,23-20-,30-28-,31-29-,35-34-,39-37-,40-38-,45-43-,61-58+. The van der Waals surface area contributed by atoms with Crippen LogP contribution < -0.4 is 10.2 Å². The number of carbonyl (C=O) groups is 2. The summed E-state index contributed by atoms with van der Waals surface area (Å²) in [6, 6.07) is -0.915. The first-order chi connectivity index (χ1) is 38.9. The van der Waals surface area contributed by atoms with Crippen molar-refractivity contribution in [3.63, 3.8) is 0 Å². The molecule has 1 N–H and O–H groups in total. The molecule has 0 rings (SSSR count). The summed E-state index contributed by atoms with van der Waals surface area (Å²) in [5.74, 6) is -0.591. The fourth-order valence-electron chi connectivity index (χ4n) is 8.65. The monoisotopic (exact) mass is 1130 g/mol. The van der Waals surface area contributed by atoms with E-state index in [-0.39, 0.29) is 31.3 Å². The topological polar surface area (TPSA) is 114 Å². The summed E-state index contributed by atoms with van der Waals surface area (Å²) in [5.41, 5.74) is 0. The van der Waals surface area contributed by atoms with Crippen LogP contribution in [0.2, 0.25) is 0 Å². The Hall–Kier alpha value is -3.59. The van der Waals surface area contributed by atoms with Gasteiger partial charge in [-0.25, -0.2) is 0 Å². The quantitative estimate of drug-likeness (QED) is 0.0212. The third kappa shape index (κ3) is 59.0. The summed E-state index contributed by atoms with van der Waals surface area (Å²) in [5, 5.41) is 3.02. The second-order valence-electron chi connectivity index (χ2n) is 22.5. The number of nitrogens with zero attached hydrogens (tertiary/aromatic N) is 1. The first-order valence-electron chi connectivity index (χ1n) is 32.3. The number of rotatable bonds is 57. The molecule has 1 amide bonds. The number of carbonyl (C=O) groups excluding carboxylic acids is 2. The minimum Gasteiger partial charge on any atom is -0.756 e. The third-order valence-corrected chi connectivity index (χ3v) is 14.6. The second kappa shape index (κ2) is 58.6. The van der Waals surface area contributed by atoms with E-state index in [0.717, 1.165) is 135 Å². The van der Waals surface area contributed by atoms with Gasteiger partial charge in [-0.15, -0.1) is 0 Å². The Bertz CT molecular complexity index is 1780. The molecule has 0 radical (unpaired) electrons. The van der Waals surface area contributed by atoms with E-state index in [2.05, 4.69) is 135 Å². The van der Waals surface area contributed by atoms with Gasteiger partial charge in [-0.05, 0) is 122 Å². The molecule has 0 bridgehead atoms. The van der Waals surface area contributed by atoms with Crippen LogP contribution in [0.1, 0.15) is 258 Å². The van der Waals surface area contributed by atoms with Crippen molar-refractivity contribution in [2.24, 2.45) is 0 Å². The molecule has 0 aromatic carbocycles. The molecule has 0 fully saturated rings. The van der Waals surface area contributed by atoms with Gasteiger partial charge in [0.1, 0.15) is 19.3 Å². The van der Waals surface area contributed by atoms with Crippen molar-refractivity contribution in [1.82, 2.24) is 5.32 Å². The Balaban J connectivity index is 5.30. The largest absolute Gasteiger partial charge is 0.756 e. The van der Waals surface area contributed by atoms with Crippen molar-refractivity contribution in [1.29, 1.82) is 0 Å². The number of phosphoric acid groups is 1. The number of hydrogen-bond acceptors (Lipinski definition) is 7. The van der Waals surface area contributed by atoms with Gasteiger partial charge in [0.25, 0.3) is 7.82 Å². The van der Waals surface area contributed by atoms with Crippen molar-refractivity contribution in [3.05, 3.63) is 122 Å². The number of hydrogen-bond donors (Lipinski definition) is 1. The van der Waals surface area contributed by atoms with Gasteiger partial charge in [-0.2, -0.15) is 0 Å². The van der Waals surface area contributed by atoms with Crippen LogP contribution in [-0.2, 0) is 27.9 Å². The molecule has 10 heteroatoms. The minimum atomic E-state index is -4.72. The lowest BCUT2D eigenvalue weighted by atomic mass is 10.0. The summed E-state index contributed by atoms with van der Waals surface area (Å²) < 4.78 is 30.3. The number of esters is 1. The summed E-state index contributed by atoms with van der Waals surface area (Å²) in [6.45, 7) is 6.66. The zero-order chi connectivity index (χ0) is 58.6. The first kappa shape index (κ1) is 76.4. The molecule has 0 saturated carbocycles. The summed E-state index contributed by atoms with van der Waals surface area (Å²) in [7, 11) is 1.14. The lowest BCUT2D eigenvalue weighted by molar-refractivity contribution is -0.870. The molecule has 0 heterocycles. The van der Waals surface area contributed by atoms with Crippen LogP contribution in [0.3, 0.4) is 0 Å². The Morgan fingerprint density at radius 2 is 0.800 bits per heavy atom. The highest BCUT2D eigenvalue weighted by atomic mass is 31.2. The van der Waals surface area contributed by atoms with Crippen molar-refractivity contribution in [2.75, 3.05) is 40.9 Å². The number of nitrogens with one attached hydrogen (secondary N) is 1. The van der Waals surface area contributed by atoms with Gasteiger partial charge in [0, 0.05) is 12.8 Å². The molecule has 0 aromatic heterocycles. The SMILES string of the molecule is CC/C=C\C/C=C\C/C=C\C/C=C\C/C=C\C/C=C\CCCCCCC(=O)OC(/C=C/CCCCCCCCCCCC)C(COP(=O)([O-])OCC[N+](C)(C)C)NC(=O)CCCCCCCC/C=C\C/C=C\C/C=C\CCCCC. The minimum absolute atomic E-state index is 0.0360. The number of amides is 1. The Morgan fingerprint density at radius 3 is 1.23 bits per heavy atom. The van der Waals surface area contributed by atoms with E-state index >= 15 is 0 Å². The second-order valence-corrected chi connectivity index (χ2v) is 23.9. The smallest absolute Gasteiger partial charge is 0.306 e.